The van der Waals surface area contributed by atoms with E-state index in [2.05, 4.69) is 51.2 Å². The number of hydrogen-bond acceptors (Lipinski definition) is 2. The Hall–Kier alpha value is -1.57. The van der Waals surface area contributed by atoms with Gasteiger partial charge in [-0.1, -0.05) is 52.0 Å². The molecule has 0 aliphatic rings. The summed E-state index contributed by atoms with van der Waals surface area (Å²) in [5.74, 6) is 1.05. The highest BCUT2D eigenvalue weighted by Gasteiger charge is 2.12. The van der Waals surface area contributed by atoms with E-state index in [9.17, 15) is 4.79 Å². The minimum absolute atomic E-state index is 0.0861. The van der Waals surface area contributed by atoms with Gasteiger partial charge in [-0.05, 0) is 36.0 Å². The van der Waals surface area contributed by atoms with Gasteiger partial charge in [0.15, 0.2) is 5.78 Å². The summed E-state index contributed by atoms with van der Waals surface area (Å²) < 4.78 is 0. The molecule has 0 spiro atoms. The van der Waals surface area contributed by atoms with E-state index in [1.807, 2.05) is 6.08 Å². The fourth-order valence-corrected chi connectivity index (χ4v) is 2.14. The molecule has 0 saturated heterocycles. The quantitative estimate of drug-likeness (QED) is 0.763. The first kappa shape index (κ1) is 15.5. The van der Waals surface area contributed by atoms with Crippen LogP contribution < -0.4 is 5.32 Å². The Bertz CT molecular complexity index is 432. The molecule has 0 unspecified atom stereocenters. The van der Waals surface area contributed by atoms with E-state index in [1.165, 1.54) is 16.8 Å². The maximum absolute atomic E-state index is 10.9. The van der Waals surface area contributed by atoms with Crippen LogP contribution in [-0.2, 0) is 4.79 Å². The monoisotopic (exact) mass is 259 g/mol. The minimum atomic E-state index is 0.0861. The first-order chi connectivity index (χ1) is 8.93. The van der Waals surface area contributed by atoms with Crippen LogP contribution in [0.2, 0.25) is 0 Å². The number of carbonyl (C=O) groups excluding carboxylic acids is 1. The zero-order valence-corrected chi connectivity index (χ0v) is 12.7. The zero-order valence-electron chi connectivity index (χ0n) is 12.7. The first-order valence-corrected chi connectivity index (χ1v) is 6.97. The summed E-state index contributed by atoms with van der Waals surface area (Å²) in [7, 11) is 0. The van der Waals surface area contributed by atoms with Crippen molar-refractivity contribution in [1.29, 1.82) is 0 Å². The molecular weight excluding hydrogens is 234 g/mol. The van der Waals surface area contributed by atoms with Crippen LogP contribution in [-0.4, -0.2) is 12.3 Å². The summed E-state index contributed by atoms with van der Waals surface area (Å²) in [5, 5.41) is 3.46. The fraction of sp³-hybridized carbons (Fsp3) is 0.471. The Morgan fingerprint density at radius 3 is 2.11 bits per heavy atom. The first-order valence-electron chi connectivity index (χ1n) is 6.97. The Morgan fingerprint density at radius 1 is 1.16 bits per heavy atom. The molecule has 0 fully saturated rings. The maximum atomic E-state index is 10.9. The number of benzene rings is 1. The van der Waals surface area contributed by atoms with Gasteiger partial charge in [-0.25, -0.2) is 0 Å². The number of nitrogens with one attached hydrogen (secondary N) is 1. The van der Waals surface area contributed by atoms with Crippen molar-refractivity contribution >= 4 is 11.5 Å². The fourth-order valence-electron chi connectivity index (χ4n) is 2.14. The van der Waals surface area contributed by atoms with Gasteiger partial charge in [-0.15, -0.1) is 0 Å². The average molecular weight is 259 g/mol. The lowest BCUT2D eigenvalue weighted by atomic mass is 9.92. The van der Waals surface area contributed by atoms with Gasteiger partial charge in [-0.3, -0.25) is 4.79 Å². The van der Waals surface area contributed by atoms with E-state index in [1.54, 1.807) is 13.0 Å². The predicted octanol–water partition coefficient (Wildman–Crippen LogP) is 4.49. The summed E-state index contributed by atoms with van der Waals surface area (Å²) in [6, 6.07) is 6.47. The van der Waals surface area contributed by atoms with Crippen molar-refractivity contribution in [3.8, 4) is 0 Å². The summed E-state index contributed by atoms with van der Waals surface area (Å²) in [5.41, 5.74) is 3.89. The number of hydrogen-bond donors (Lipinski definition) is 1. The number of carbonyl (C=O) groups is 1. The molecule has 104 valence electrons. The van der Waals surface area contributed by atoms with Gasteiger partial charge in [0.2, 0.25) is 0 Å². The third kappa shape index (κ3) is 4.55. The van der Waals surface area contributed by atoms with Crippen LogP contribution >= 0.6 is 0 Å². The van der Waals surface area contributed by atoms with E-state index in [4.69, 9.17) is 0 Å². The van der Waals surface area contributed by atoms with E-state index >= 15 is 0 Å². The van der Waals surface area contributed by atoms with Crippen LogP contribution in [0.5, 0.6) is 0 Å². The molecule has 2 heteroatoms. The summed E-state index contributed by atoms with van der Waals surface area (Å²) >= 11 is 0. The number of ketones is 1. The number of rotatable bonds is 6. The Labute approximate surface area is 116 Å². The SMILES string of the molecule is CC(=O)C=CCNc1c(C(C)C)cccc1C(C)C. The molecule has 0 aliphatic carbocycles. The molecule has 0 heterocycles. The van der Waals surface area contributed by atoms with Gasteiger partial charge in [0, 0.05) is 12.2 Å². The van der Waals surface area contributed by atoms with Crippen molar-refractivity contribution < 1.29 is 4.79 Å². The molecule has 2 nitrogen and oxygen atoms in total. The zero-order chi connectivity index (χ0) is 14.4. The highest BCUT2D eigenvalue weighted by Crippen LogP contribution is 2.32. The molecule has 0 aliphatic heterocycles. The summed E-state index contributed by atoms with van der Waals surface area (Å²) in [6.45, 7) is 11.1. The number of anilines is 1. The smallest absolute Gasteiger partial charge is 0.152 e. The predicted molar refractivity (Wildman–Crippen MR) is 82.9 cm³/mol. The third-order valence-corrected chi connectivity index (χ3v) is 3.12. The van der Waals surface area contributed by atoms with Crippen LogP contribution in [0.25, 0.3) is 0 Å². The van der Waals surface area contributed by atoms with Gasteiger partial charge in [0.25, 0.3) is 0 Å². The topological polar surface area (TPSA) is 29.1 Å². The molecule has 0 amide bonds. The highest BCUT2D eigenvalue weighted by atomic mass is 16.1. The van der Waals surface area contributed by atoms with Crippen molar-refractivity contribution in [3.63, 3.8) is 0 Å². The lowest BCUT2D eigenvalue weighted by Crippen LogP contribution is -2.07. The molecule has 1 rings (SSSR count). The van der Waals surface area contributed by atoms with E-state index in [-0.39, 0.29) is 5.78 Å². The second-order valence-electron chi connectivity index (χ2n) is 5.51. The third-order valence-electron chi connectivity index (χ3n) is 3.12. The van der Waals surface area contributed by atoms with E-state index in [0.29, 0.717) is 18.4 Å². The van der Waals surface area contributed by atoms with Gasteiger partial charge in [0.1, 0.15) is 0 Å². The van der Waals surface area contributed by atoms with Crippen molar-refractivity contribution in [2.75, 3.05) is 11.9 Å². The van der Waals surface area contributed by atoms with Gasteiger partial charge >= 0.3 is 0 Å². The van der Waals surface area contributed by atoms with E-state index in [0.717, 1.165) is 0 Å². The lowest BCUT2D eigenvalue weighted by molar-refractivity contribution is -0.112. The molecule has 0 radical (unpaired) electrons. The Balaban J connectivity index is 2.98. The molecule has 0 saturated carbocycles. The van der Waals surface area contributed by atoms with Crippen molar-refractivity contribution in [3.05, 3.63) is 41.5 Å². The van der Waals surface area contributed by atoms with Crippen molar-refractivity contribution in [2.45, 2.75) is 46.5 Å². The highest BCUT2D eigenvalue weighted by molar-refractivity contribution is 5.87. The second-order valence-corrected chi connectivity index (χ2v) is 5.51. The van der Waals surface area contributed by atoms with Crippen LogP contribution in [0, 0.1) is 0 Å². The minimum Gasteiger partial charge on any atom is -0.381 e. The van der Waals surface area contributed by atoms with Crippen LogP contribution in [0.1, 0.15) is 57.6 Å². The van der Waals surface area contributed by atoms with Gasteiger partial charge < -0.3 is 5.32 Å². The number of para-hydroxylation sites is 1. The van der Waals surface area contributed by atoms with Crippen LogP contribution in [0.15, 0.2) is 30.4 Å². The molecule has 0 aromatic heterocycles. The van der Waals surface area contributed by atoms with Gasteiger partial charge in [0.05, 0.1) is 0 Å². The van der Waals surface area contributed by atoms with E-state index < -0.39 is 0 Å². The van der Waals surface area contributed by atoms with Crippen molar-refractivity contribution in [1.82, 2.24) is 0 Å². The molecule has 0 atom stereocenters. The van der Waals surface area contributed by atoms with Crippen molar-refractivity contribution in [2.24, 2.45) is 0 Å². The molecule has 0 bridgehead atoms. The largest absolute Gasteiger partial charge is 0.381 e. The Morgan fingerprint density at radius 2 is 1.68 bits per heavy atom. The molecule has 1 aromatic rings. The molecule has 1 N–H and O–H groups in total. The molecule has 1 aromatic carbocycles. The summed E-state index contributed by atoms with van der Waals surface area (Å²) in [6.07, 6.45) is 3.49. The maximum Gasteiger partial charge on any atom is 0.152 e. The molecule has 19 heavy (non-hydrogen) atoms. The number of allylic oxidation sites excluding steroid dienone is 1. The average Bonchev–Trinajstić information content (AvgIpc) is 2.33. The standard InChI is InChI=1S/C17H25NO/c1-12(2)15-9-6-10-16(13(3)4)17(15)18-11-7-8-14(5)19/h6-10,12-13,18H,11H2,1-5H3. The van der Waals surface area contributed by atoms with Crippen LogP contribution in [0.4, 0.5) is 5.69 Å². The van der Waals surface area contributed by atoms with Gasteiger partial charge in [-0.2, -0.15) is 0 Å². The lowest BCUT2D eigenvalue weighted by Gasteiger charge is -2.20. The second kappa shape index (κ2) is 7.13. The van der Waals surface area contributed by atoms with Crippen LogP contribution in [0.3, 0.4) is 0 Å². The molecular formula is C17H25NO. The normalized spacial score (nSPS) is 11.5. The summed E-state index contributed by atoms with van der Waals surface area (Å²) in [4.78, 5) is 10.9. The Kier molecular flexibility index (Phi) is 5.81.